The summed E-state index contributed by atoms with van der Waals surface area (Å²) in [6.45, 7) is 0.583. The maximum absolute atomic E-state index is 12.0. The molecule has 0 radical (unpaired) electrons. The molecule has 2 rings (SSSR count). The Kier molecular flexibility index (Phi) is 5.33. The van der Waals surface area contributed by atoms with Gasteiger partial charge in [0.15, 0.2) is 9.84 Å². The second-order valence-electron chi connectivity index (χ2n) is 5.35. The maximum Gasteiger partial charge on any atom is 0.573 e. The first kappa shape index (κ1) is 17.1. The monoisotopic (exact) mass is 337 g/mol. The zero-order valence-corrected chi connectivity index (χ0v) is 12.7. The van der Waals surface area contributed by atoms with Gasteiger partial charge in [-0.2, -0.15) is 0 Å². The van der Waals surface area contributed by atoms with E-state index in [4.69, 9.17) is 0 Å². The predicted octanol–water partition coefficient (Wildman–Crippen LogP) is 2.29. The van der Waals surface area contributed by atoms with Crippen LogP contribution >= 0.6 is 0 Å². The van der Waals surface area contributed by atoms with Gasteiger partial charge in [0.25, 0.3) is 0 Å². The SMILES string of the molecule is O=S1(=O)CCCC(NCCc2ccc(OC(F)(F)F)cc2)C1. The molecular weight excluding hydrogens is 319 g/mol. The molecule has 1 N–H and O–H groups in total. The van der Waals surface area contributed by atoms with Crippen LogP contribution in [0.15, 0.2) is 24.3 Å². The smallest absolute Gasteiger partial charge is 0.406 e. The van der Waals surface area contributed by atoms with Crippen LogP contribution in [-0.2, 0) is 16.3 Å². The predicted molar refractivity (Wildman–Crippen MR) is 76.5 cm³/mol. The van der Waals surface area contributed by atoms with Crippen LogP contribution in [-0.4, -0.2) is 38.9 Å². The molecule has 0 saturated carbocycles. The second kappa shape index (κ2) is 6.87. The van der Waals surface area contributed by atoms with Crippen LogP contribution in [0.25, 0.3) is 0 Å². The topological polar surface area (TPSA) is 55.4 Å². The molecule has 1 saturated heterocycles. The molecule has 0 bridgehead atoms. The third kappa shape index (κ3) is 5.84. The molecule has 8 heteroatoms. The summed E-state index contributed by atoms with van der Waals surface area (Å²) in [5.41, 5.74) is 0.862. The number of hydrogen-bond acceptors (Lipinski definition) is 4. The van der Waals surface area contributed by atoms with Gasteiger partial charge in [0.2, 0.25) is 0 Å². The molecule has 22 heavy (non-hydrogen) atoms. The van der Waals surface area contributed by atoms with Crippen molar-refractivity contribution in [2.24, 2.45) is 0 Å². The molecule has 0 aromatic heterocycles. The lowest BCUT2D eigenvalue weighted by Crippen LogP contribution is -2.40. The third-order valence-electron chi connectivity index (χ3n) is 3.47. The van der Waals surface area contributed by atoms with E-state index >= 15 is 0 Å². The zero-order valence-electron chi connectivity index (χ0n) is 11.9. The number of benzene rings is 1. The molecule has 1 heterocycles. The van der Waals surface area contributed by atoms with E-state index in [0.717, 1.165) is 12.0 Å². The van der Waals surface area contributed by atoms with Crippen LogP contribution in [0.2, 0.25) is 0 Å². The summed E-state index contributed by atoms with van der Waals surface area (Å²) in [6, 6.07) is 5.65. The first-order valence-corrected chi connectivity index (χ1v) is 8.84. The standard InChI is InChI=1S/C14H18F3NO3S/c15-14(16,17)21-13-5-3-11(4-6-13)7-8-18-12-2-1-9-22(19,20)10-12/h3-6,12,18H,1-2,7-10H2. The Hall–Kier alpha value is -1.28. The summed E-state index contributed by atoms with van der Waals surface area (Å²) in [5, 5.41) is 3.19. The highest BCUT2D eigenvalue weighted by Crippen LogP contribution is 2.22. The van der Waals surface area contributed by atoms with Gasteiger partial charge < -0.3 is 10.1 Å². The van der Waals surface area contributed by atoms with Crippen molar-refractivity contribution in [3.8, 4) is 5.75 Å². The Morgan fingerprint density at radius 2 is 1.91 bits per heavy atom. The Morgan fingerprint density at radius 1 is 1.23 bits per heavy atom. The Morgan fingerprint density at radius 3 is 2.50 bits per heavy atom. The van der Waals surface area contributed by atoms with Crippen molar-refractivity contribution < 1.29 is 26.3 Å². The number of nitrogens with one attached hydrogen (secondary N) is 1. The van der Waals surface area contributed by atoms with Crippen LogP contribution in [0.3, 0.4) is 0 Å². The number of rotatable bonds is 5. The van der Waals surface area contributed by atoms with E-state index in [1.54, 1.807) is 12.1 Å². The van der Waals surface area contributed by atoms with E-state index in [0.29, 0.717) is 19.4 Å². The van der Waals surface area contributed by atoms with Crippen LogP contribution in [0.5, 0.6) is 5.75 Å². The summed E-state index contributed by atoms with van der Waals surface area (Å²) in [6.07, 6.45) is -2.57. The largest absolute Gasteiger partial charge is 0.573 e. The first-order valence-electron chi connectivity index (χ1n) is 7.02. The van der Waals surface area contributed by atoms with E-state index < -0.39 is 16.2 Å². The minimum atomic E-state index is -4.68. The minimum Gasteiger partial charge on any atom is -0.406 e. The van der Waals surface area contributed by atoms with Crippen LogP contribution in [0.4, 0.5) is 13.2 Å². The van der Waals surface area contributed by atoms with Crippen LogP contribution in [0.1, 0.15) is 18.4 Å². The normalized spacial score (nSPS) is 21.5. The van der Waals surface area contributed by atoms with Crippen LogP contribution < -0.4 is 10.1 Å². The highest BCUT2D eigenvalue weighted by molar-refractivity contribution is 7.91. The van der Waals surface area contributed by atoms with E-state index in [2.05, 4.69) is 10.1 Å². The molecule has 1 fully saturated rings. The first-order chi connectivity index (χ1) is 10.2. The molecule has 124 valence electrons. The van der Waals surface area contributed by atoms with E-state index in [1.807, 2.05) is 0 Å². The van der Waals surface area contributed by atoms with Gasteiger partial charge in [0.1, 0.15) is 5.75 Å². The molecule has 1 aromatic rings. The molecule has 1 aliphatic heterocycles. The molecule has 1 aromatic carbocycles. The molecule has 1 unspecified atom stereocenters. The van der Waals surface area contributed by atoms with E-state index in [-0.39, 0.29) is 23.3 Å². The second-order valence-corrected chi connectivity index (χ2v) is 7.58. The highest BCUT2D eigenvalue weighted by atomic mass is 32.2. The molecule has 0 amide bonds. The van der Waals surface area contributed by atoms with Gasteiger partial charge in [-0.3, -0.25) is 0 Å². The number of alkyl halides is 3. The Labute approximate surface area is 127 Å². The zero-order chi connectivity index (χ0) is 16.2. The Balaban J connectivity index is 1.77. The molecule has 4 nitrogen and oxygen atoms in total. The van der Waals surface area contributed by atoms with Crippen molar-refractivity contribution in [1.82, 2.24) is 5.32 Å². The summed E-state index contributed by atoms with van der Waals surface area (Å²) in [4.78, 5) is 0. The van der Waals surface area contributed by atoms with Crippen molar-refractivity contribution in [3.63, 3.8) is 0 Å². The van der Waals surface area contributed by atoms with Gasteiger partial charge in [-0.05, 0) is 43.5 Å². The van der Waals surface area contributed by atoms with Gasteiger partial charge in [0.05, 0.1) is 11.5 Å². The fourth-order valence-electron chi connectivity index (χ4n) is 2.46. The van der Waals surface area contributed by atoms with Crippen molar-refractivity contribution in [2.75, 3.05) is 18.1 Å². The lowest BCUT2D eigenvalue weighted by molar-refractivity contribution is -0.274. The number of hydrogen-bond donors (Lipinski definition) is 1. The molecule has 1 aliphatic rings. The molecule has 0 aliphatic carbocycles. The summed E-state index contributed by atoms with van der Waals surface area (Å²) < 4.78 is 62.9. The molecule has 1 atom stereocenters. The molecule has 0 spiro atoms. The third-order valence-corrected chi connectivity index (χ3v) is 5.29. The quantitative estimate of drug-likeness (QED) is 0.896. The highest BCUT2D eigenvalue weighted by Gasteiger charge is 2.31. The van der Waals surface area contributed by atoms with Gasteiger partial charge >= 0.3 is 6.36 Å². The number of halogens is 3. The number of ether oxygens (including phenoxy) is 1. The lowest BCUT2D eigenvalue weighted by Gasteiger charge is -2.23. The van der Waals surface area contributed by atoms with Crippen molar-refractivity contribution in [2.45, 2.75) is 31.7 Å². The summed E-state index contributed by atoms with van der Waals surface area (Å²) in [5.74, 6) is 0.166. The van der Waals surface area contributed by atoms with Gasteiger partial charge in [-0.15, -0.1) is 13.2 Å². The summed E-state index contributed by atoms with van der Waals surface area (Å²) >= 11 is 0. The van der Waals surface area contributed by atoms with Crippen molar-refractivity contribution >= 4 is 9.84 Å². The minimum absolute atomic E-state index is 0.0356. The average Bonchev–Trinajstić information content (AvgIpc) is 2.38. The Bertz CT molecular complexity index is 584. The van der Waals surface area contributed by atoms with Gasteiger partial charge in [-0.1, -0.05) is 12.1 Å². The van der Waals surface area contributed by atoms with Crippen molar-refractivity contribution in [1.29, 1.82) is 0 Å². The average molecular weight is 337 g/mol. The maximum atomic E-state index is 12.0. The number of sulfone groups is 1. The van der Waals surface area contributed by atoms with E-state index in [1.165, 1.54) is 12.1 Å². The fourth-order valence-corrected chi connectivity index (χ4v) is 4.13. The van der Waals surface area contributed by atoms with Crippen molar-refractivity contribution in [3.05, 3.63) is 29.8 Å². The van der Waals surface area contributed by atoms with Gasteiger partial charge in [-0.25, -0.2) is 8.42 Å². The van der Waals surface area contributed by atoms with E-state index in [9.17, 15) is 21.6 Å². The lowest BCUT2D eigenvalue weighted by atomic mass is 10.1. The molecular formula is C14H18F3NO3S. The van der Waals surface area contributed by atoms with Gasteiger partial charge in [0, 0.05) is 6.04 Å². The fraction of sp³-hybridized carbons (Fsp3) is 0.571. The summed E-state index contributed by atoms with van der Waals surface area (Å²) in [7, 11) is -2.94. The van der Waals surface area contributed by atoms with Crippen LogP contribution in [0, 0.1) is 0 Å².